The summed E-state index contributed by atoms with van der Waals surface area (Å²) in [7, 11) is -4.03. The maximum Gasteiger partial charge on any atom is 0.261 e. The van der Waals surface area contributed by atoms with Crippen molar-refractivity contribution in [3.05, 3.63) is 107 Å². The molecule has 2 N–H and O–H groups in total. The largest absolute Gasteiger partial charge is 0.319 e. The Morgan fingerprint density at radius 2 is 1.73 bits per heavy atom. The van der Waals surface area contributed by atoms with Crippen LogP contribution < -0.4 is 10.0 Å². The quantitative estimate of drug-likeness (QED) is 0.395. The van der Waals surface area contributed by atoms with Crippen LogP contribution in [0.2, 0.25) is 5.02 Å². The Labute approximate surface area is 194 Å². The second-order valence-electron chi connectivity index (χ2n) is 7.12. The number of sulfonamides is 1. The van der Waals surface area contributed by atoms with Crippen molar-refractivity contribution in [1.29, 1.82) is 0 Å². The molecule has 4 aromatic rings. The topological polar surface area (TPSA) is 93.1 Å². The molecule has 1 heterocycles. The maximum atomic E-state index is 13.1. The highest BCUT2D eigenvalue weighted by molar-refractivity contribution is 7.92. The first kappa shape index (κ1) is 22.5. The van der Waals surface area contributed by atoms with Crippen LogP contribution >= 0.6 is 11.6 Å². The minimum absolute atomic E-state index is 0.0190. The van der Waals surface area contributed by atoms with E-state index in [1.54, 1.807) is 10.9 Å². The van der Waals surface area contributed by atoms with E-state index >= 15 is 0 Å². The first-order valence-electron chi connectivity index (χ1n) is 9.76. The molecular weight excluding hydrogens is 467 g/mol. The van der Waals surface area contributed by atoms with Crippen LogP contribution in [-0.4, -0.2) is 24.1 Å². The molecule has 1 amide bonds. The monoisotopic (exact) mass is 484 g/mol. The molecule has 7 nitrogen and oxygen atoms in total. The number of halogens is 2. The molecule has 0 radical (unpaired) electrons. The number of nitrogens with zero attached hydrogens (tertiary/aromatic N) is 2. The summed E-state index contributed by atoms with van der Waals surface area (Å²) in [5, 5.41) is 6.99. The summed E-state index contributed by atoms with van der Waals surface area (Å²) < 4.78 is 42.5. The number of benzene rings is 3. The molecule has 168 valence electrons. The highest BCUT2D eigenvalue weighted by atomic mass is 35.5. The van der Waals surface area contributed by atoms with Gasteiger partial charge in [-0.3, -0.25) is 14.2 Å². The van der Waals surface area contributed by atoms with Crippen molar-refractivity contribution in [1.82, 2.24) is 9.78 Å². The van der Waals surface area contributed by atoms with Crippen LogP contribution in [0, 0.1) is 5.82 Å². The number of nitrogens with one attached hydrogen (secondary N) is 2. The number of amides is 1. The van der Waals surface area contributed by atoms with Gasteiger partial charge < -0.3 is 5.32 Å². The maximum absolute atomic E-state index is 13.1. The highest BCUT2D eigenvalue weighted by Gasteiger charge is 2.19. The van der Waals surface area contributed by atoms with Gasteiger partial charge in [-0.15, -0.1) is 0 Å². The molecule has 0 spiro atoms. The van der Waals surface area contributed by atoms with E-state index in [1.165, 1.54) is 36.5 Å². The number of carbonyl (C=O) groups is 1. The molecule has 4 rings (SSSR count). The molecule has 10 heteroatoms. The number of carbonyl (C=O) groups excluding carboxylic acids is 1. The molecule has 0 bridgehead atoms. The summed E-state index contributed by atoms with van der Waals surface area (Å²) in [5.74, 6) is -1.08. The molecule has 33 heavy (non-hydrogen) atoms. The third-order valence-corrected chi connectivity index (χ3v) is 6.38. The van der Waals surface area contributed by atoms with Crippen molar-refractivity contribution in [3.63, 3.8) is 0 Å². The van der Waals surface area contributed by atoms with Crippen LogP contribution in [0.1, 0.15) is 15.9 Å². The molecule has 0 aliphatic rings. The van der Waals surface area contributed by atoms with E-state index in [0.29, 0.717) is 12.2 Å². The SMILES string of the molecule is O=C(Nc1cnn(Cc2ccccc2)c1)c1cc(S(=O)(=O)Nc2ccc(F)cc2)ccc1Cl. The molecule has 0 unspecified atom stereocenters. The molecule has 3 aromatic carbocycles. The lowest BCUT2D eigenvalue weighted by Crippen LogP contribution is -2.16. The number of anilines is 2. The smallest absolute Gasteiger partial charge is 0.261 e. The van der Waals surface area contributed by atoms with Crippen LogP contribution in [-0.2, 0) is 16.6 Å². The second kappa shape index (κ2) is 9.43. The van der Waals surface area contributed by atoms with Crippen LogP contribution in [0.15, 0.2) is 90.1 Å². The molecule has 0 saturated carbocycles. The van der Waals surface area contributed by atoms with Gasteiger partial charge in [0.25, 0.3) is 15.9 Å². The lowest BCUT2D eigenvalue weighted by molar-refractivity contribution is 0.102. The molecule has 0 atom stereocenters. The number of hydrogen-bond donors (Lipinski definition) is 2. The molecule has 0 aliphatic heterocycles. The lowest BCUT2D eigenvalue weighted by Gasteiger charge is -2.11. The molecule has 0 fully saturated rings. The van der Waals surface area contributed by atoms with E-state index in [4.69, 9.17) is 11.6 Å². The zero-order valence-corrected chi connectivity index (χ0v) is 18.6. The summed E-state index contributed by atoms with van der Waals surface area (Å²) >= 11 is 6.16. The van der Waals surface area contributed by atoms with Gasteiger partial charge in [0.1, 0.15) is 5.82 Å². The third kappa shape index (κ3) is 5.57. The fraction of sp³-hybridized carbons (Fsp3) is 0.0435. The second-order valence-corrected chi connectivity index (χ2v) is 9.21. The fourth-order valence-electron chi connectivity index (χ4n) is 3.06. The Kier molecular flexibility index (Phi) is 6.43. The summed E-state index contributed by atoms with van der Waals surface area (Å²) in [4.78, 5) is 12.6. The highest BCUT2D eigenvalue weighted by Crippen LogP contribution is 2.24. The zero-order chi connectivity index (χ0) is 23.4. The average molecular weight is 485 g/mol. The van der Waals surface area contributed by atoms with Gasteiger partial charge in [-0.25, -0.2) is 12.8 Å². The van der Waals surface area contributed by atoms with E-state index < -0.39 is 21.7 Å². The summed E-state index contributed by atoms with van der Waals surface area (Å²) in [6.07, 6.45) is 3.15. The minimum Gasteiger partial charge on any atom is -0.319 e. The van der Waals surface area contributed by atoms with Crippen molar-refractivity contribution in [2.75, 3.05) is 10.0 Å². The van der Waals surface area contributed by atoms with Crippen molar-refractivity contribution in [3.8, 4) is 0 Å². The van der Waals surface area contributed by atoms with Crippen molar-refractivity contribution < 1.29 is 17.6 Å². The van der Waals surface area contributed by atoms with Gasteiger partial charge >= 0.3 is 0 Å². The van der Waals surface area contributed by atoms with E-state index in [-0.39, 0.29) is 21.2 Å². The standard InChI is InChI=1S/C23H18ClFN4O3S/c24-22-11-10-20(33(31,32)28-18-8-6-17(25)7-9-18)12-21(22)23(30)27-19-13-26-29(15-19)14-16-4-2-1-3-5-16/h1-13,15,28H,14H2,(H,27,30). The first-order valence-corrected chi connectivity index (χ1v) is 11.6. The minimum atomic E-state index is -4.03. The van der Waals surface area contributed by atoms with Gasteiger partial charge in [0, 0.05) is 11.9 Å². The van der Waals surface area contributed by atoms with Gasteiger partial charge in [-0.1, -0.05) is 41.9 Å². The van der Waals surface area contributed by atoms with E-state index in [9.17, 15) is 17.6 Å². The predicted octanol–water partition coefficient (Wildman–Crippen LogP) is 4.78. The van der Waals surface area contributed by atoms with Gasteiger partial charge in [0.2, 0.25) is 0 Å². The summed E-state index contributed by atoms with van der Waals surface area (Å²) in [5.41, 5.74) is 1.65. The van der Waals surface area contributed by atoms with E-state index in [2.05, 4.69) is 15.1 Å². The lowest BCUT2D eigenvalue weighted by atomic mass is 10.2. The molecular formula is C23H18ClFN4O3S. The van der Waals surface area contributed by atoms with Crippen molar-refractivity contribution in [2.45, 2.75) is 11.4 Å². The number of hydrogen-bond acceptors (Lipinski definition) is 4. The van der Waals surface area contributed by atoms with Gasteiger partial charge in [-0.05, 0) is 48.0 Å². The van der Waals surface area contributed by atoms with Gasteiger partial charge in [0.15, 0.2) is 0 Å². The van der Waals surface area contributed by atoms with E-state index in [0.717, 1.165) is 17.7 Å². The van der Waals surface area contributed by atoms with Crippen molar-refractivity contribution in [2.24, 2.45) is 0 Å². The Hall–Kier alpha value is -3.69. The third-order valence-electron chi connectivity index (χ3n) is 4.67. The summed E-state index contributed by atoms with van der Waals surface area (Å²) in [6.45, 7) is 0.528. The number of rotatable bonds is 7. The van der Waals surface area contributed by atoms with Crippen LogP contribution in [0.25, 0.3) is 0 Å². The molecule has 0 saturated heterocycles. The normalized spacial score (nSPS) is 11.2. The molecule has 1 aromatic heterocycles. The van der Waals surface area contributed by atoms with Gasteiger partial charge in [0.05, 0.1) is 33.9 Å². The van der Waals surface area contributed by atoms with E-state index in [1.807, 2.05) is 30.3 Å². The summed E-state index contributed by atoms with van der Waals surface area (Å²) in [6, 6.07) is 18.4. The van der Waals surface area contributed by atoms with Crippen LogP contribution in [0.3, 0.4) is 0 Å². The molecule has 0 aliphatic carbocycles. The van der Waals surface area contributed by atoms with Crippen molar-refractivity contribution >= 4 is 38.9 Å². The average Bonchev–Trinajstić information content (AvgIpc) is 3.22. The zero-order valence-electron chi connectivity index (χ0n) is 17.1. The Morgan fingerprint density at radius 3 is 2.45 bits per heavy atom. The Morgan fingerprint density at radius 1 is 1.00 bits per heavy atom. The van der Waals surface area contributed by atoms with Gasteiger partial charge in [-0.2, -0.15) is 5.10 Å². The Balaban J connectivity index is 1.50. The fourth-order valence-corrected chi connectivity index (χ4v) is 4.35. The van der Waals surface area contributed by atoms with Crippen LogP contribution in [0.5, 0.6) is 0 Å². The van der Waals surface area contributed by atoms with Crippen LogP contribution in [0.4, 0.5) is 15.8 Å². The number of aromatic nitrogens is 2. The first-order chi connectivity index (χ1) is 15.8. The predicted molar refractivity (Wildman–Crippen MR) is 124 cm³/mol. The Bertz CT molecular complexity index is 1390.